The number of ether oxygens (including phenoxy) is 1. The van der Waals surface area contributed by atoms with Gasteiger partial charge in [-0.05, 0) is 13.8 Å². The highest BCUT2D eigenvalue weighted by Gasteiger charge is 2.44. The first-order valence-corrected chi connectivity index (χ1v) is 4.74. The summed E-state index contributed by atoms with van der Waals surface area (Å²) >= 11 is 2.55. The summed E-state index contributed by atoms with van der Waals surface area (Å²) in [5.74, 6) is -1.01. The average molecular weight is 278 g/mol. The minimum Gasteiger partial charge on any atom is -0.462 e. The quantitative estimate of drug-likeness (QED) is 0.630. The predicted molar refractivity (Wildman–Crippen MR) is 48.0 cm³/mol. The van der Waals surface area contributed by atoms with Gasteiger partial charge in [0.05, 0.1) is 6.10 Å². The Morgan fingerprint density at radius 2 is 1.86 bits per heavy atom. The Morgan fingerprint density at radius 3 is 2.14 bits per heavy atom. The van der Waals surface area contributed by atoms with Crippen LogP contribution < -0.4 is 5.73 Å². The van der Waals surface area contributed by atoms with E-state index in [1.54, 1.807) is 0 Å². The molecule has 0 unspecified atom stereocenters. The summed E-state index contributed by atoms with van der Waals surface area (Å²) in [6, 6.07) is -2.26. The van der Waals surface area contributed by atoms with Gasteiger partial charge in [0, 0.05) is 0 Å². The number of esters is 1. The molecule has 0 aliphatic rings. The summed E-state index contributed by atoms with van der Waals surface area (Å²) in [5, 5.41) is 0. The van der Waals surface area contributed by atoms with E-state index in [0.717, 1.165) is 0 Å². The van der Waals surface area contributed by atoms with Crippen LogP contribution in [0.3, 0.4) is 0 Å². The van der Waals surface area contributed by atoms with Crippen molar-refractivity contribution < 1.29 is 22.7 Å². The van der Waals surface area contributed by atoms with E-state index < -0.39 is 29.1 Å². The van der Waals surface area contributed by atoms with Crippen molar-refractivity contribution in [3.05, 3.63) is 0 Å². The fraction of sp³-hybridized carbons (Fsp3) is 0.857. The van der Waals surface area contributed by atoms with Gasteiger partial charge in [-0.1, -0.05) is 15.9 Å². The third-order valence-electron chi connectivity index (χ3n) is 1.27. The maximum Gasteiger partial charge on any atom is 0.405 e. The monoisotopic (exact) mass is 277 g/mol. The lowest BCUT2D eigenvalue weighted by Crippen LogP contribution is -2.48. The van der Waals surface area contributed by atoms with E-state index in [4.69, 9.17) is 5.73 Å². The molecule has 14 heavy (non-hydrogen) atoms. The lowest BCUT2D eigenvalue weighted by Gasteiger charge is -2.20. The second-order valence-electron chi connectivity index (χ2n) is 2.95. The van der Waals surface area contributed by atoms with Gasteiger partial charge in [-0.15, -0.1) is 0 Å². The molecule has 2 atom stereocenters. The molecule has 0 spiro atoms. The molecule has 0 fully saturated rings. The summed E-state index contributed by atoms with van der Waals surface area (Å²) in [4.78, 5) is 9.43. The fourth-order valence-electron chi connectivity index (χ4n) is 0.610. The molecule has 0 aliphatic carbocycles. The lowest BCUT2D eigenvalue weighted by atomic mass is 10.2. The Morgan fingerprint density at radius 1 is 1.43 bits per heavy atom. The first-order chi connectivity index (χ1) is 6.16. The van der Waals surface area contributed by atoms with E-state index in [2.05, 4.69) is 20.7 Å². The number of nitrogens with two attached hydrogens (primary N) is 1. The Bertz CT molecular complexity index is 208. The van der Waals surface area contributed by atoms with Crippen LogP contribution in [0.5, 0.6) is 0 Å². The molecular weight excluding hydrogens is 267 g/mol. The van der Waals surface area contributed by atoms with Gasteiger partial charge in [0.25, 0.3) is 0 Å². The average Bonchev–Trinajstić information content (AvgIpc) is 1.98. The van der Waals surface area contributed by atoms with E-state index >= 15 is 0 Å². The summed E-state index contributed by atoms with van der Waals surface area (Å²) in [6.07, 6.45) is -5.09. The van der Waals surface area contributed by atoms with Crippen molar-refractivity contribution >= 4 is 21.9 Å². The van der Waals surface area contributed by atoms with Crippen LogP contribution in [-0.4, -0.2) is 29.1 Å². The van der Waals surface area contributed by atoms with Crippen molar-refractivity contribution in [3.8, 4) is 0 Å². The molecule has 0 saturated heterocycles. The van der Waals surface area contributed by atoms with Crippen molar-refractivity contribution in [2.24, 2.45) is 5.73 Å². The van der Waals surface area contributed by atoms with Gasteiger partial charge >= 0.3 is 12.1 Å². The molecule has 0 aliphatic heterocycles. The van der Waals surface area contributed by atoms with E-state index in [1.807, 2.05) is 0 Å². The predicted octanol–water partition coefficient (Wildman–Crippen LogP) is 1.59. The Balaban J connectivity index is 4.32. The molecule has 0 aromatic rings. The van der Waals surface area contributed by atoms with E-state index in [0.29, 0.717) is 0 Å². The van der Waals surface area contributed by atoms with Crippen LogP contribution >= 0.6 is 15.9 Å². The molecule has 0 heterocycles. The van der Waals surface area contributed by atoms with Crippen LogP contribution in [0.15, 0.2) is 0 Å². The zero-order valence-corrected chi connectivity index (χ0v) is 9.22. The SMILES string of the molecule is CC(C)OC(=O)[C@@H](Br)[C@@H](N)C(F)(F)F. The van der Waals surface area contributed by atoms with Crippen molar-refractivity contribution in [2.75, 3.05) is 0 Å². The second-order valence-corrected chi connectivity index (χ2v) is 3.94. The molecule has 0 saturated carbocycles. The highest BCUT2D eigenvalue weighted by Crippen LogP contribution is 2.25. The normalized spacial score (nSPS) is 16.6. The number of halogens is 4. The minimum absolute atomic E-state index is 0.469. The van der Waals surface area contributed by atoms with Gasteiger partial charge in [0.1, 0.15) is 10.9 Å². The first kappa shape index (κ1) is 13.7. The second kappa shape index (κ2) is 4.97. The summed E-state index contributed by atoms with van der Waals surface area (Å²) < 4.78 is 40.7. The van der Waals surface area contributed by atoms with Crippen LogP contribution in [0.1, 0.15) is 13.8 Å². The molecule has 0 rings (SSSR count). The zero-order chi connectivity index (χ0) is 11.5. The smallest absolute Gasteiger partial charge is 0.405 e. The highest BCUT2D eigenvalue weighted by molar-refractivity contribution is 9.10. The number of hydrogen-bond acceptors (Lipinski definition) is 3. The molecule has 84 valence electrons. The molecular formula is C7H11BrF3NO2. The molecule has 0 aromatic heterocycles. The summed E-state index contributed by atoms with van der Waals surface area (Å²) in [5.41, 5.74) is 4.80. The van der Waals surface area contributed by atoms with Gasteiger partial charge in [0.2, 0.25) is 0 Å². The lowest BCUT2D eigenvalue weighted by molar-refractivity contribution is -0.164. The van der Waals surface area contributed by atoms with Crippen LogP contribution in [0.4, 0.5) is 13.2 Å². The van der Waals surface area contributed by atoms with Crippen LogP contribution in [-0.2, 0) is 9.53 Å². The largest absolute Gasteiger partial charge is 0.462 e. The summed E-state index contributed by atoms with van der Waals surface area (Å²) in [7, 11) is 0. The number of hydrogen-bond donors (Lipinski definition) is 1. The van der Waals surface area contributed by atoms with Gasteiger partial charge in [-0.25, -0.2) is 0 Å². The minimum atomic E-state index is -4.62. The number of carbonyl (C=O) groups is 1. The van der Waals surface area contributed by atoms with Crippen molar-refractivity contribution in [3.63, 3.8) is 0 Å². The first-order valence-electron chi connectivity index (χ1n) is 3.83. The number of alkyl halides is 4. The Kier molecular flexibility index (Phi) is 4.87. The number of carbonyl (C=O) groups excluding carboxylic acids is 1. The summed E-state index contributed by atoms with van der Waals surface area (Å²) in [6.45, 7) is 3.08. The molecule has 0 amide bonds. The maximum atomic E-state index is 12.0. The molecule has 0 aromatic carbocycles. The van der Waals surface area contributed by atoms with E-state index in [9.17, 15) is 18.0 Å². The van der Waals surface area contributed by atoms with Crippen molar-refractivity contribution in [1.82, 2.24) is 0 Å². The maximum absolute atomic E-state index is 12.0. The van der Waals surface area contributed by atoms with Gasteiger partial charge in [-0.3, -0.25) is 4.79 Å². The van der Waals surface area contributed by atoms with Gasteiger partial charge < -0.3 is 10.5 Å². The highest BCUT2D eigenvalue weighted by atomic mass is 79.9. The number of rotatable bonds is 3. The van der Waals surface area contributed by atoms with Crippen molar-refractivity contribution in [1.29, 1.82) is 0 Å². The van der Waals surface area contributed by atoms with Crippen LogP contribution in [0.2, 0.25) is 0 Å². The molecule has 3 nitrogen and oxygen atoms in total. The molecule has 7 heteroatoms. The van der Waals surface area contributed by atoms with Crippen molar-refractivity contribution in [2.45, 2.75) is 37.0 Å². The van der Waals surface area contributed by atoms with E-state index in [1.165, 1.54) is 13.8 Å². The molecule has 0 bridgehead atoms. The Hall–Kier alpha value is -0.300. The third kappa shape index (κ3) is 4.28. The van der Waals surface area contributed by atoms with Crippen LogP contribution in [0.25, 0.3) is 0 Å². The van der Waals surface area contributed by atoms with Gasteiger partial charge in [-0.2, -0.15) is 13.2 Å². The molecule has 0 radical (unpaired) electrons. The van der Waals surface area contributed by atoms with Crippen LogP contribution in [0, 0.1) is 0 Å². The standard InChI is InChI=1S/C7H11BrF3NO2/c1-3(2)14-6(13)4(8)5(12)7(9,10)11/h3-5H,12H2,1-2H3/t4-,5+/m0/s1. The zero-order valence-electron chi connectivity index (χ0n) is 7.64. The van der Waals surface area contributed by atoms with E-state index in [-0.39, 0.29) is 0 Å². The third-order valence-corrected chi connectivity index (χ3v) is 2.21. The molecule has 2 N–H and O–H groups in total. The fourth-order valence-corrected chi connectivity index (χ4v) is 1.02. The Labute approximate surface area is 87.9 Å². The van der Waals surface area contributed by atoms with Gasteiger partial charge in [0.15, 0.2) is 0 Å². The topological polar surface area (TPSA) is 52.3 Å².